The lowest BCUT2D eigenvalue weighted by Gasteiger charge is -2.29. The Bertz CT molecular complexity index is 1460. The van der Waals surface area contributed by atoms with E-state index in [1.807, 2.05) is 45.0 Å². The van der Waals surface area contributed by atoms with Gasteiger partial charge in [-0.2, -0.15) is 0 Å². The summed E-state index contributed by atoms with van der Waals surface area (Å²) in [6.45, 7) is 8.25. The maximum absolute atomic E-state index is 14.1. The van der Waals surface area contributed by atoms with Crippen LogP contribution in [0, 0.1) is 11.7 Å². The van der Waals surface area contributed by atoms with Gasteiger partial charge in [-0.25, -0.2) is 14.4 Å². The van der Waals surface area contributed by atoms with Gasteiger partial charge in [0.15, 0.2) is 0 Å². The third kappa shape index (κ3) is 9.96. The summed E-state index contributed by atoms with van der Waals surface area (Å²) in [4.78, 5) is 49.2. The van der Waals surface area contributed by atoms with Crippen LogP contribution in [0.4, 0.5) is 10.3 Å². The number of hydrogen-bond donors (Lipinski definition) is 5. The number of nitrogens with one attached hydrogen (secondary N) is 5. The van der Waals surface area contributed by atoms with Gasteiger partial charge in [-0.3, -0.25) is 19.7 Å². The van der Waals surface area contributed by atoms with Crippen LogP contribution in [0.2, 0.25) is 0 Å². The zero-order valence-electron chi connectivity index (χ0n) is 26.8. The van der Waals surface area contributed by atoms with E-state index >= 15 is 0 Å². The number of benzene rings is 2. The van der Waals surface area contributed by atoms with E-state index in [2.05, 4.69) is 43.5 Å². The SMILES string of the molecule is CC1CCNC(=O)[C@H](CNc2ncccn2)NC(=O)[C@@H](C(C)C)NC(=O)[C@@H](Cc2cccc(F)c2)N[C@@H](C)COc2ccccc21. The van der Waals surface area contributed by atoms with E-state index in [9.17, 15) is 18.8 Å². The van der Waals surface area contributed by atoms with Crippen LogP contribution in [0.3, 0.4) is 0 Å². The van der Waals surface area contributed by atoms with Crippen molar-refractivity contribution in [3.05, 3.63) is 83.9 Å². The van der Waals surface area contributed by atoms with Gasteiger partial charge in [-0.05, 0) is 67.0 Å². The molecule has 11 nitrogen and oxygen atoms in total. The first-order chi connectivity index (χ1) is 22.1. The third-order valence-electron chi connectivity index (χ3n) is 7.86. The topological polar surface area (TPSA) is 146 Å². The molecule has 0 spiro atoms. The highest BCUT2D eigenvalue weighted by atomic mass is 19.1. The van der Waals surface area contributed by atoms with Gasteiger partial charge in [0.25, 0.3) is 0 Å². The summed E-state index contributed by atoms with van der Waals surface area (Å²) in [5.74, 6) is -0.958. The van der Waals surface area contributed by atoms with Crippen molar-refractivity contribution in [2.24, 2.45) is 5.92 Å². The Balaban J connectivity index is 1.63. The molecular weight excluding hydrogens is 589 g/mol. The van der Waals surface area contributed by atoms with Gasteiger partial charge in [0.1, 0.15) is 30.3 Å². The first-order valence-electron chi connectivity index (χ1n) is 15.7. The number of anilines is 1. The van der Waals surface area contributed by atoms with Crippen LogP contribution in [0.5, 0.6) is 5.75 Å². The van der Waals surface area contributed by atoms with Crippen LogP contribution < -0.4 is 31.3 Å². The van der Waals surface area contributed by atoms with Crippen LogP contribution in [0.25, 0.3) is 0 Å². The highest BCUT2D eigenvalue weighted by Crippen LogP contribution is 2.28. The molecule has 246 valence electrons. The number of para-hydroxylation sites is 1. The van der Waals surface area contributed by atoms with Gasteiger partial charge in [0.2, 0.25) is 23.7 Å². The van der Waals surface area contributed by atoms with Gasteiger partial charge < -0.3 is 26.0 Å². The molecule has 46 heavy (non-hydrogen) atoms. The lowest BCUT2D eigenvalue weighted by Crippen LogP contribution is -2.60. The van der Waals surface area contributed by atoms with E-state index in [0.717, 1.165) is 11.3 Å². The summed E-state index contributed by atoms with van der Waals surface area (Å²) >= 11 is 0. The molecule has 0 radical (unpaired) electrons. The van der Waals surface area contributed by atoms with Gasteiger partial charge in [0, 0.05) is 31.5 Å². The van der Waals surface area contributed by atoms with E-state index < -0.39 is 35.8 Å². The minimum absolute atomic E-state index is 0.0217. The number of aromatic nitrogens is 2. The fourth-order valence-electron chi connectivity index (χ4n) is 5.29. The molecule has 1 aliphatic rings. The maximum atomic E-state index is 14.1. The maximum Gasteiger partial charge on any atom is 0.244 e. The van der Waals surface area contributed by atoms with Gasteiger partial charge in [-0.15, -0.1) is 0 Å². The van der Waals surface area contributed by atoms with Crippen molar-refractivity contribution in [1.82, 2.24) is 31.2 Å². The second-order valence-corrected chi connectivity index (χ2v) is 12.0. The number of fused-ring (bicyclic) bond motifs is 1. The largest absolute Gasteiger partial charge is 0.492 e. The van der Waals surface area contributed by atoms with E-state index in [-0.39, 0.29) is 43.4 Å². The van der Waals surface area contributed by atoms with Crippen molar-refractivity contribution in [1.29, 1.82) is 0 Å². The Morgan fingerprint density at radius 2 is 1.70 bits per heavy atom. The molecule has 1 aromatic heterocycles. The zero-order chi connectivity index (χ0) is 33.1. The van der Waals surface area contributed by atoms with Crippen LogP contribution in [-0.2, 0) is 20.8 Å². The van der Waals surface area contributed by atoms with E-state index in [1.54, 1.807) is 30.6 Å². The smallest absolute Gasteiger partial charge is 0.244 e. The van der Waals surface area contributed by atoms with Crippen molar-refractivity contribution in [3.63, 3.8) is 0 Å². The number of amides is 3. The third-order valence-corrected chi connectivity index (χ3v) is 7.86. The molecule has 5 atom stereocenters. The predicted octanol–water partition coefficient (Wildman–Crippen LogP) is 2.95. The molecule has 3 amide bonds. The Morgan fingerprint density at radius 1 is 0.935 bits per heavy atom. The average molecular weight is 634 g/mol. The molecule has 4 rings (SSSR count). The standard InChI is InChI=1S/C34H44FN7O4/c1-21(2)30-33(45)41-28(19-39-34-37-14-8-15-38-34)31(43)36-16-13-22(3)26-11-5-6-12-29(26)46-20-23(4)40-27(32(44)42-30)18-24-9-7-10-25(35)17-24/h5-12,14-15,17,21-23,27-28,30,40H,13,16,18-20H2,1-4H3,(H,36,43)(H,41,45)(H,42,44)(H,37,38,39)/t22?,23-,27+,28-,30+/m0/s1. The molecule has 0 aliphatic carbocycles. The molecule has 5 N–H and O–H groups in total. The molecule has 3 aromatic rings. The Kier molecular flexibility index (Phi) is 12.4. The molecular formula is C34H44FN7O4. The minimum atomic E-state index is -0.986. The number of rotatable bonds is 6. The zero-order valence-corrected chi connectivity index (χ0v) is 26.8. The number of hydrogen-bond acceptors (Lipinski definition) is 8. The number of halogens is 1. The van der Waals surface area contributed by atoms with Crippen molar-refractivity contribution < 1.29 is 23.5 Å². The van der Waals surface area contributed by atoms with Crippen LogP contribution in [0.15, 0.2) is 67.0 Å². The van der Waals surface area contributed by atoms with Gasteiger partial charge in [-0.1, -0.05) is 51.1 Å². The summed E-state index contributed by atoms with van der Waals surface area (Å²) in [6, 6.07) is 12.5. The molecule has 0 bridgehead atoms. The summed E-state index contributed by atoms with van der Waals surface area (Å²) in [7, 11) is 0. The lowest BCUT2D eigenvalue weighted by molar-refractivity contribution is -0.133. The molecule has 2 aromatic carbocycles. The Hall–Kier alpha value is -4.58. The quantitative estimate of drug-likeness (QED) is 0.279. The first-order valence-corrected chi connectivity index (χ1v) is 15.7. The molecule has 2 heterocycles. The minimum Gasteiger partial charge on any atom is -0.492 e. The summed E-state index contributed by atoms with van der Waals surface area (Å²) in [6.07, 6.45) is 3.96. The molecule has 0 saturated carbocycles. The second-order valence-electron chi connectivity index (χ2n) is 12.0. The fourth-order valence-corrected chi connectivity index (χ4v) is 5.29. The predicted molar refractivity (Wildman–Crippen MR) is 174 cm³/mol. The van der Waals surface area contributed by atoms with Gasteiger partial charge in [0.05, 0.1) is 6.04 Å². The normalized spacial score (nSPS) is 23.5. The van der Waals surface area contributed by atoms with Crippen molar-refractivity contribution in [2.45, 2.75) is 70.6 Å². The van der Waals surface area contributed by atoms with Crippen molar-refractivity contribution in [3.8, 4) is 5.75 Å². The number of carbonyl (C=O) groups excluding carboxylic acids is 3. The van der Waals surface area contributed by atoms with Crippen molar-refractivity contribution in [2.75, 3.05) is 25.0 Å². The van der Waals surface area contributed by atoms with Gasteiger partial charge >= 0.3 is 0 Å². The molecule has 0 saturated heterocycles. The van der Waals surface area contributed by atoms with Crippen molar-refractivity contribution >= 4 is 23.7 Å². The Labute approximate surface area is 269 Å². The average Bonchev–Trinajstić information content (AvgIpc) is 3.04. The number of carbonyl (C=O) groups is 3. The van der Waals surface area contributed by atoms with Crippen LogP contribution in [0.1, 0.15) is 51.2 Å². The van der Waals surface area contributed by atoms with Crippen LogP contribution >= 0.6 is 0 Å². The van der Waals surface area contributed by atoms with E-state index in [4.69, 9.17) is 4.74 Å². The summed E-state index contributed by atoms with van der Waals surface area (Å²) in [5, 5.41) is 15.0. The monoisotopic (exact) mass is 633 g/mol. The van der Waals surface area contributed by atoms with E-state index in [1.165, 1.54) is 12.1 Å². The lowest BCUT2D eigenvalue weighted by atomic mass is 9.96. The highest BCUT2D eigenvalue weighted by molar-refractivity contribution is 5.93. The Morgan fingerprint density at radius 3 is 2.43 bits per heavy atom. The molecule has 12 heteroatoms. The number of ether oxygens (including phenoxy) is 1. The molecule has 1 unspecified atom stereocenters. The second kappa shape index (κ2) is 16.6. The first kappa shape index (κ1) is 34.3. The highest BCUT2D eigenvalue weighted by Gasteiger charge is 2.32. The molecule has 1 aliphatic heterocycles. The summed E-state index contributed by atoms with van der Waals surface area (Å²) < 4.78 is 20.3. The van der Waals surface area contributed by atoms with E-state index in [0.29, 0.717) is 24.5 Å². The summed E-state index contributed by atoms with van der Waals surface area (Å²) in [5.41, 5.74) is 1.62. The number of nitrogens with zero attached hydrogens (tertiary/aromatic N) is 2. The fraction of sp³-hybridized carbons (Fsp3) is 0.441. The van der Waals surface area contributed by atoms with Crippen LogP contribution in [-0.4, -0.2) is 71.6 Å². The molecule has 0 fully saturated rings.